The van der Waals surface area contributed by atoms with Crippen LogP contribution in [0.4, 0.5) is 0 Å². The van der Waals surface area contributed by atoms with Crippen LogP contribution < -0.4 is 5.32 Å². The Labute approximate surface area is 296 Å². The van der Waals surface area contributed by atoms with Crippen molar-refractivity contribution in [3.63, 3.8) is 0 Å². The van der Waals surface area contributed by atoms with E-state index in [9.17, 15) is 0 Å². The van der Waals surface area contributed by atoms with Crippen molar-refractivity contribution >= 4 is 11.9 Å². The van der Waals surface area contributed by atoms with E-state index in [4.69, 9.17) is 0 Å². The second kappa shape index (κ2) is 14.9. The van der Waals surface area contributed by atoms with Gasteiger partial charge in [-0.3, -0.25) is 4.99 Å². The molecule has 0 amide bonds. The lowest BCUT2D eigenvalue weighted by molar-refractivity contribution is 0.768. The van der Waals surface area contributed by atoms with Gasteiger partial charge in [0.2, 0.25) is 0 Å². The normalized spacial score (nSPS) is 12.3. The van der Waals surface area contributed by atoms with Gasteiger partial charge in [-0.2, -0.15) is 0 Å². The lowest BCUT2D eigenvalue weighted by atomic mass is 9.67. The van der Waals surface area contributed by atoms with Crippen molar-refractivity contribution in [3.05, 3.63) is 234 Å². The minimum absolute atomic E-state index is 0.387. The van der Waals surface area contributed by atoms with Gasteiger partial charge < -0.3 is 5.32 Å². The number of nitrogens with zero attached hydrogens (tertiary/aromatic N) is 1. The Bertz CT molecular complexity index is 2150. The second-order valence-corrected chi connectivity index (χ2v) is 12.5. The minimum Gasteiger partial charge on any atom is -0.388 e. The molecule has 0 aliphatic heterocycles. The first-order valence-corrected chi connectivity index (χ1v) is 17.1. The number of rotatable bonds is 8. The number of hydrogen-bond donors (Lipinski definition) is 1. The summed E-state index contributed by atoms with van der Waals surface area (Å²) in [5.74, 6) is 0. The first-order valence-electron chi connectivity index (χ1n) is 17.1. The SMILES string of the molecule is C(=NCc1ccccc1)c1ccccc1.C=C(NC)c1ccc(C2(c3ccc(-c4ccccc4)cc3)c3ccccc3-c3ccccc32)cc1. The Hall–Kier alpha value is -6.25. The molecule has 7 aromatic rings. The van der Waals surface area contributed by atoms with E-state index in [1.165, 1.54) is 50.1 Å². The molecule has 0 saturated heterocycles. The second-order valence-electron chi connectivity index (χ2n) is 12.5. The third-order valence-electron chi connectivity index (χ3n) is 9.50. The highest BCUT2D eigenvalue weighted by Gasteiger charge is 2.45. The van der Waals surface area contributed by atoms with Crippen LogP contribution in [0, 0.1) is 0 Å². The van der Waals surface area contributed by atoms with E-state index < -0.39 is 0 Å². The maximum atomic E-state index is 4.39. The van der Waals surface area contributed by atoms with Crippen LogP contribution in [0.5, 0.6) is 0 Å². The van der Waals surface area contributed by atoms with Gasteiger partial charge in [-0.15, -0.1) is 0 Å². The average Bonchev–Trinajstić information content (AvgIpc) is 3.50. The molecule has 7 aromatic carbocycles. The number of fused-ring (bicyclic) bond motifs is 3. The summed E-state index contributed by atoms with van der Waals surface area (Å²) >= 11 is 0. The summed E-state index contributed by atoms with van der Waals surface area (Å²) < 4.78 is 0. The van der Waals surface area contributed by atoms with Crippen molar-refractivity contribution in [2.24, 2.45) is 4.99 Å². The van der Waals surface area contributed by atoms with Gasteiger partial charge in [0, 0.05) is 19.0 Å². The van der Waals surface area contributed by atoms with Gasteiger partial charge in [0.15, 0.2) is 0 Å². The van der Waals surface area contributed by atoms with Crippen molar-refractivity contribution in [2.75, 3.05) is 7.05 Å². The van der Waals surface area contributed by atoms with Crippen LogP contribution in [0.15, 0.2) is 200 Å². The summed E-state index contributed by atoms with van der Waals surface area (Å²) in [5.41, 5.74) is 14.3. The molecular weight excluding hydrogens is 605 g/mol. The molecule has 1 N–H and O–H groups in total. The smallest absolute Gasteiger partial charge is 0.0713 e. The zero-order valence-electron chi connectivity index (χ0n) is 28.3. The molecule has 0 fully saturated rings. The predicted molar refractivity (Wildman–Crippen MR) is 211 cm³/mol. The summed E-state index contributed by atoms with van der Waals surface area (Å²) in [5, 5.41) is 3.17. The summed E-state index contributed by atoms with van der Waals surface area (Å²) in [6.45, 7) is 4.89. The molecule has 1 aliphatic carbocycles. The molecule has 0 heterocycles. The quantitative estimate of drug-likeness (QED) is 0.164. The fourth-order valence-corrected chi connectivity index (χ4v) is 7.01. The zero-order chi connectivity index (χ0) is 34.2. The van der Waals surface area contributed by atoms with Crippen molar-refractivity contribution in [1.29, 1.82) is 0 Å². The third-order valence-corrected chi connectivity index (χ3v) is 9.50. The van der Waals surface area contributed by atoms with Crippen LogP contribution in [0.2, 0.25) is 0 Å². The predicted octanol–water partition coefficient (Wildman–Crippen LogP) is 11.2. The van der Waals surface area contributed by atoms with E-state index in [1.807, 2.05) is 49.7 Å². The van der Waals surface area contributed by atoms with E-state index in [0.29, 0.717) is 0 Å². The highest BCUT2D eigenvalue weighted by atomic mass is 14.8. The van der Waals surface area contributed by atoms with Gasteiger partial charge in [-0.1, -0.05) is 195 Å². The zero-order valence-corrected chi connectivity index (χ0v) is 28.3. The van der Waals surface area contributed by atoms with Crippen molar-refractivity contribution in [1.82, 2.24) is 5.32 Å². The maximum absolute atomic E-state index is 4.39. The van der Waals surface area contributed by atoms with Crippen molar-refractivity contribution in [2.45, 2.75) is 12.0 Å². The summed E-state index contributed by atoms with van der Waals surface area (Å²) in [7, 11) is 1.91. The lowest BCUT2D eigenvalue weighted by Crippen LogP contribution is -2.28. The first-order chi connectivity index (χ1) is 24.7. The van der Waals surface area contributed by atoms with Gasteiger partial charge >= 0.3 is 0 Å². The number of hydrogen-bond acceptors (Lipinski definition) is 2. The molecule has 0 unspecified atom stereocenters. The molecule has 242 valence electrons. The van der Waals surface area contributed by atoms with E-state index >= 15 is 0 Å². The van der Waals surface area contributed by atoms with Crippen LogP contribution in [0.3, 0.4) is 0 Å². The third kappa shape index (κ3) is 6.44. The van der Waals surface area contributed by atoms with E-state index in [2.05, 4.69) is 169 Å². The van der Waals surface area contributed by atoms with E-state index in [1.54, 1.807) is 0 Å². The molecule has 0 aromatic heterocycles. The van der Waals surface area contributed by atoms with Gasteiger partial charge in [-0.25, -0.2) is 0 Å². The Morgan fingerprint density at radius 2 is 1.00 bits per heavy atom. The number of nitrogens with one attached hydrogen (secondary N) is 1. The Balaban J connectivity index is 0.000000219. The Morgan fingerprint density at radius 1 is 0.540 bits per heavy atom. The van der Waals surface area contributed by atoms with Crippen molar-refractivity contribution < 1.29 is 0 Å². The Kier molecular flexibility index (Phi) is 9.62. The highest BCUT2D eigenvalue weighted by molar-refractivity contribution is 5.86. The van der Waals surface area contributed by atoms with Gasteiger partial charge in [0.05, 0.1) is 12.0 Å². The lowest BCUT2D eigenvalue weighted by Gasteiger charge is -2.34. The van der Waals surface area contributed by atoms with Gasteiger partial charge in [-0.05, 0) is 61.2 Å². The summed E-state index contributed by atoms with van der Waals surface area (Å²) in [4.78, 5) is 4.39. The van der Waals surface area contributed by atoms with Crippen LogP contribution in [0.1, 0.15) is 38.9 Å². The van der Waals surface area contributed by atoms with Crippen LogP contribution >= 0.6 is 0 Å². The molecule has 8 rings (SSSR count). The molecule has 0 spiro atoms. The van der Waals surface area contributed by atoms with Crippen LogP contribution in [-0.2, 0) is 12.0 Å². The molecule has 1 aliphatic rings. The van der Waals surface area contributed by atoms with E-state index in [0.717, 1.165) is 23.4 Å². The molecule has 2 nitrogen and oxygen atoms in total. The summed E-state index contributed by atoms with van der Waals surface area (Å²) in [6, 6.07) is 66.7. The average molecular weight is 645 g/mol. The molecule has 0 saturated carbocycles. The Morgan fingerprint density at radius 3 is 1.56 bits per heavy atom. The van der Waals surface area contributed by atoms with Crippen LogP contribution in [0.25, 0.3) is 28.0 Å². The van der Waals surface area contributed by atoms with Gasteiger partial charge in [0.25, 0.3) is 0 Å². The number of aliphatic imine (C=N–C) groups is 1. The molecule has 2 heteroatoms. The molecular formula is C48H40N2. The minimum atomic E-state index is -0.387. The number of benzene rings is 7. The molecule has 0 bridgehead atoms. The fraction of sp³-hybridized carbons (Fsp3) is 0.0625. The topological polar surface area (TPSA) is 24.4 Å². The largest absolute Gasteiger partial charge is 0.388 e. The van der Waals surface area contributed by atoms with E-state index in [-0.39, 0.29) is 5.41 Å². The fourth-order valence-electron chi connectivity index (χ4n) is 7.01. The maximum Gasteiger partial charge on any atom is 0.0713 e. The summed E-state index contributed by atoms with van der Waals surface area (Å²) in [6.07, 6.45) is 1.91. The monoisotopic (exact) mass is 644 g/mol. The van der Waals surface area contributed by atoms with Crippen molar-refractivity contribution in [3.8, 4) is 22.3 Å². The van der Waals surface area contributed by atoms with Gasteiger partial charge in [0.1, 0.15) is 0 Å². The molecule has 0 atom stereocenters. The molecule has 0 radical (unpaired) electrons. The highest BCUT2D eigenvalue weighted by Crippen LogP contribution is 2.56. The van der Waals surface area contributed by atoms with Crippen LogP contribution in [-0.4, -0.2) is 13.3 Å². The standard InChI is InChI=1S/C34H27N.C14H13N/c1-24(35-2)25-16-20-28(21-17-25)34(29-22-18-27(19-23-29)26-10-4-3-5-11-26)32-14-8-6-12-30(32)31-13-7-9-15-33(31)34;1-3-7-13(8-4-1)11-15-12-14-9-5-2-6-10-14/h3-23,35H,1H2,2H3;1-11H,12H2. The first kappa shape index (κ1) is 32.3. The molecule has 50 heavy (non-hydrogen) atoms.